The molecule has 346 valence electrons. The van der Waals surface area contributed by atoms with Gasteiger partial charge in [0.25, 0.3) is 0 Å². The van der Waals surface area contributed by atoms with E-state index in [1.165, 1.54) is 109 Å². The maximum absolute atomic E-state index is 12.7. The molecule has 8 heteroatoms. The molecule has 0 amide bonds. The molecule has 0 heterocycles. The number of esters is 2. The van der Waals surface area contributed by atoms with E-state index in [0.717, 1.165) is 51.4 Å². The molecule has 0 spiro atoms. The van der Waals surface area contributed by atoms with Crippen molar-refractivity contribution in [1.29, 1.82) is 0 Å². The monoisotopic (exact) mass is 843 g/mol. The number of carbonyl (C=O) groups is 3. The van der Waals surface area contributed by atoms with E-state index >= 15 is 0 Å². The van der Waals surface area contributed by atoms with Crippen molar-refractivity contribution in [2.24, 2.45) is 0 Å². The molecule has 0 aliphatic carbocycles. The van der Waals surface area contributed by atoms with Crippen LogP contribution in [0.2, 0.25) is 0 Å². The number of allylic oxidation sites excluding steroid dienone is 10. The van der Waals surface area contributed by atoms with Crippen molar-refractivity contribution in [1.82, 2.24) is 0 Å². The molecule has 0 aliphatic heterocycles. The van der Waals surface area contributed by atoms with Crippen LogP contribution in [0.3, 0.4) is 0 Å². The zero-order valence-electron chi connectivity index (χ0n) is 39.4. The van der Waals surface area contributed by atoms with E-state index in [2.05, 4.69) is 68.5 Å². The van der Waals surface area contributed by atoms with E-state index in [1.54, 1.807) is 0 Å². The molecular weight excluding hydrogens is 751 g/mol. The lowest BCUT2D eigenvalue weighted by molar-refractivity contribution is -0.887. The fraction of sp³-hybridized carbons (Fsp3) is 0.750. The van der Waals surface area contributed by atoms with Crippen molar-refractivity contribution in [2.45, 2.75) is 212 Å². The number of rotatable bonds is 43. The van der Waals surface area contributed by atoms with Crippen molar-refractivity contribution in [3.05, 3.63) is 60.8 Å². The Morgan fingerprint density at radius 1 is 0.517 bits per heavy atom. The second-order valence-corrected chi connectivity index (χ2v) is 17.3. The van der Waals surface area contributed by atoms with Crippen molar-refractivity contribution in [3.63, 3.8) is 0 Å². The highest BCUT2D eigenvalue weighted by atomic mass is 16.6. The average Bonchev–Trinajstić information content (AvgIpc) is 3.21. The van der Waals surface area contributed by atoms with Gasteiger partial charge in [0.2, 0.25) is 0 Å². The maximum Gasteiger partial charge on any atom is 0.362 e. The number of ether oxygens (including phenoxy) is 3. The highest BCUT2D eigenvalue weighted by Gasteiger charge is 2.31. The van der Waals surface area contributed by atoms with E-state index in [4.69, 9.17) is 14.2 Å². The van der Waals surface area contributed by atoms with E-state index in [1.807, 2.05) is 27.2 Å². The third-order valence-electron chi connectivity index (χ3n) is 10.7. The van der Waals surface area contributed by atoms with E-state index in [9.17, 15) is 19.5 Å². The van der Waals surface area contributed by atoms with Crippen LogP contribution in [-0.2, 0) is 28.6 Å². The Kier molecular flexibility index (Phi) is 40.6. The van der Waals surface area contributed by atoms with Gasteiger partial charge in [0, 0.05) is 19.3 Å². The van der Waals surface area contributed by atoms with Gasteiger partial charge < -0.3 is 23.8 Å². The molecule has 2 unspecified atom stereocenters. The largest absolute Gasteiger partial charge is 0.477 e. The van der Waals surface area contributed by atoms with Crippen LogP contribution in [0.25, 0.3) is 0 Å². The molecule has 0 rings (SSSR count). The van der Waals surface area contributed by atoms with Crippen molar-refractivity contribution < 1.29 is 38.2 Å². The molecule has 60 heavy (non-hydrogen) atoms. The Morgan fingerprint density at radius 3 is 1.45 bits per heavy atom. The molecule has 0 fully saturated rings. The van der Waals surface area contributed by atoms with Gasteiger partial charge in [-0.1, -0.05) is 177 Å². The van der Waals surface area contributed by atoms with Gasteiger partial charge in [-0.05, 0) is 64.2 Å². The predicted octanol–water partition coefficient (Wildman–Crippen LogP) is 13.8. The predicted molar refractivity (Wildman–Crippen MR) is 252 cm³/mol. The van der Waals surface area contributed by atoms with Gasteiger partial charge in [0.15, 0.2) is 12.1 Å². The van der Waals surface area contributed by atoms with Crippen LogP contribution in [0, 0.1) is 0 Å². The molecular formula is C52H92NO7+. The number of hydrogen-bond acceptors (Lipinski definition) is 6. The Bertz CT molecular complexity index is 1170. The van der Waals surface area contributed by atoms with Crippen LogP contribution in [0.5, 0.6) is 0 Å². The third kappa shape index (κ3) is 40.4. The van der Waals surface area contributed by atoms with Crippen LogP contribution < -0.4 is 0 Å². The number of aliphatic carboxylic acids is 1. The quantitative estimate of drug-likeness (QED) is 0.0282. The second-order valence-electron chi connectivity index (χ2n) is 17.3. The lowest BCUT2D eigenvalue weighted by Gasteiger charge is -2.31. The first-order chi connectivity index (χ1) is 29.1. The minimum Gasteiger partial charge on any atom is -0.477 e. The van der Waals surface area contributed by atoms with Crippen molar-refractivity contribution in [2.75, 3.05) is 41.0 Å². The highest BCUT2D eigenvalue weighted by Crippen LogP contribution is 2.15. The van der Waals surface area contributed by atoms with Crippen LogP contribution in [0.4, 0.5) is 0 Å². The molecule has 0 aliphatic rings. The first-order valence-electron chi connectivity index (χ1n) is 24.3. The normalized spacial score (nSPS) is 13.4. The molecule has 1 N–H and O–H groups in total. The summed E-state index contributed by atoms with van der Waals surface area (Å²) in [5.74, 6) is -1.55. The number of hydrogen-bond donors (Lipinski definition) is 1. The molecule has 0 bridgehead atoms. The first kappa shape index (κ1) is 57.0. The van der Waals surface area contributed by atoms with Gasteiger partial charge in [-0.15, -0.1) is 0 Å². The summed E-state index contributed by atoms with van der Waals surface area (Å²) in [6, 6.07) is -0.624. The lowest BCUT2D eigenvalue weighted by atomic mass is 10.0. The summed E-state index contributed by atoms with van der Waals surface area (Å²) in [7, 11) is 5.51. The zero-order valence-corrected chi connectivity index (χ0v) is 39.4. The molecule has 0 aromatic carbocycles. The topological polar surface area (TPSA) is 99.1 Å². The van der Waals surface area contributed by atoms with Gasteiger partial charge in [0.1, 0.15) is 6.61 Å². The van der Waals surface area contributed by atoms with E-state index in [-0.39, 0.29) is 42.7 Å². The second kappa shape index (κ2) is 42.7. The van der Waals surface area contributed by atoms with E-state index in [0.29, 0.717) is 19.3 Å². The molecule has 0 aromatic heterocycles. The first-order valence-corrected chi connectivity index (χ1v) is 24.3. The van der Waals surface area contributed by atoms with E-state index < -0.39 is 18.1 Å². The molecule has 0 saturated carbocycles. The third-order valence-corrected chi connectivity index (χ3v) is 10.7. The number of unbranched alkanes of at least 4 members (excludes halogenated alkanes) is 19. The number of quaternary nitrogens is 1. The van der Waals surface area contributed by atoms with Crippen LogP contribution in [0.15, 0.2) is 60.8 Å². The summed E-state index contributed by atoms with van der Waals surface area (Å²) in [6.07, 6.45) is 52.9. The van der Waals surface area contributed by atoms with Gasteiger partial charge in [-0.2, -0.15) is 0 Å². The fourth-order valence-electron chi connectivity index (χ4n) is 6.92. The van der Waals surface area contributed by atoms with Crippen molar-refractivity contribution in [3.8, 4) is 0 Å². The Hall–Kier alpha value is -2.97. The Labute approximate surface area is 368 Å². The highest BCUT2D eigenvalue weighted by molar-refractivity contribution is 5.72. The zero-order chi connectivity index (χ0) is 44.2. The lowest BCUT2D eigenvalue weighted by Crippen LogP contribution is -2.50. The molecule has 0 aromatic rings. The molecule has 0 radical (unpaired) electrons. The summed E-state index contributed by atoms with van der Waals surface area (Å²) in [4.78, 5) is 37.0. The molecule has 8 nitrogen and oxygen atoms in total. The summed E-state index contributed by atoms with van der Waals surface area (Å²) in [5.41, 5.74) is 0. The standard InChI is InChI=1S/C52H91NO7/c1-6-8-10-12-14-16-18-20-21-22-23-24-25-26-27-28-29-31-32-34-36-38-40-42-50(54)59-47-48(46-58-45-44-49(52(56)57)53(3,4)5)60-51(55)43-41-39-37-35-33-30-19-17-15-13-11-9-7-2/h8,10,14,16,20-21,30,33,37,39,48-49H,6-7,9,11-13,15,17-19,22-29,31-32,34-36,38,40-47H2,1-5H3/p+1/b10-8+,16-14+,21-20+,33-30+,39-37+. The summed E-state index contributed by atoms with van der Waals surface area (Å²) < 4.78 is 17.2. The number of likely N-dealkylation sites (N-methyl/N-ethyl adjacent to an activating group) is 1. The SMILES string of the molecule is CC/C=C/C/C=C/C/C=C/CCCCCCCCCCCCCCCC(=O)OCC(COCCC(C(=O)O)[N+](C)(C)C)OC(=O)CC/C=C/C/C=C/CCCCCCCC. The smallest absolute Gasteiger partial charge is 0.362 e. The Balaban J connectivity index is 4.24. The van der Waals surface area contributed by atoms with Gasteiger partial charge in [0.05, 0.1) is 34.4 Å². The number of carbonyl (C=O) groups excluding carboxylic acids is 2. The van der Waals surface area contributed by atoms with Gasteiger partial charge in [-0.25, -0.2) is 4.79 Å². The van der Waals surface area contributed by atoms with Crippen LogP contribution in [0.1, 0.15) is 200 Å². The minimum atomic E-state index is -0.883. The number of carboxylic acids is 1. The van der Waals surface area contributed by atoms with Crippen LogP contribution in [-0.4, -0.2) is 80.6 Å². The summed E-state index contributed by atoms with van der Waals surface area (Å²) in [6.45, 7) is 4.56. The Morgan fingerprint density at radius 2 is 0.967 bits per heavy atom. The minimum absolute atomic E-state index is 0.0377. The fourth-order valence-corrected chi connectivity index (χ4v) is 6.92. The van der Waals surface area contributed by atoms with Gasteiger partial charge in [-0.3, -0.25) is 9.59 Å². The summed E-state index contributed by atoms with van der Waals surface area (Å²) in [5, 5.41) is 9.63. The molecule has 0 saturated heterocycles. The number of nitrogens with zero attached hydrogens (tertiary/aromatic N) is 1. The molecule has 2 atom stereocenters. The van der Waals surface area contributed by atoms with Gasteiger partial charge >= 0.3 is 17.9 Å². The van der Waals surface area contributed by atoms with Crippen molar-refractivity contribution >= 4 is 17.9 Å². The average molecular weight is 843 g/mol. The van der Waals surface area contributed by atoms with Crippen LogP contribution >= 0.6 is 0 Å². The summed E-state index contributed by atoms with van der Waals surface area (Å²) >= 11 is 0. The maximum atomic E-state index is 12.7. The number of carboxylic acid groups (broad SMARTS) is 1.